The zero-order chi connectivity index (χ0) is 37.5. The predicted molar refractivity (Wildman–Crippen MR) is 239 cm³/mol. The van der Waals surface area contributed by atoms with Crippen LogP contribution < -0.4 is 0 Å². The molecule has 0 saturated carbocycles. The smallest absolute Gasteiger partial charge is 0.135 e. The van der Waals surface area contributed by atoms with E-state index in [9.17, 15) is 0 Å². The van der Waals surface area contributed by atoms with Gasteiger partial charge in [-0.15, -0.1) is 0 Å². The van der Waals surface area contributed by atoms with E-state index in [0.717, 1.165) is 40.5 Å². The van der Waals surface area contributed by atoms with E-state index in [1.54, 1.807) is 5.57 Å². The highest BCUT2D eigenvalue weighted by atomic mass is 16.3. The first-order valence-electron chi connectivity index (χ1n) is 20.0. The summed E-state index contributed by atoms with van der Waals surface area (Å²) in [5.74, 6) is 0. The molecule has 0 fully saturated rings. The van der Waals surface area contributed by atoms with E-state index < -0.39 is 0 Å². The molecule has 0 atom stereocenters. The summed E-state index contributed by atoms with van der Waals surface area (Å²) in [6.45, 7) is 0. The van der Waals surface area contributed by atoms with Gasteiger partial charge in [0.05, 0.1) is 11.0 Å². The minimum atomic E-state index is 0.902. The number of rotatable bonds is 5. The van der Waals surface area contributed by atoms with Gasteiger partial charge in [-0.2, -0.15) is 0 Å². The van der Waals surface area contributed by atoms with E-state index in [1.807, 2.05) is 0 Å². The fourth-order valence-corrected chi connectivity index (χ4v) is 9.47. The quantitative estimate of drug-likeness (QED) is 0.173. The van der Waals surface area contributed by atoms with Gasteiger partial charge >= 0.3 is 0 Å². The van der Waals surface area contributed by atoms with Crippen molar-refractivity contribution in [1.82, 2.24) is 4.57 Å². The van der Waals surface area contributed by atoms with Crippen molar-refractivity contribution in [2.45, 2.75) is 19.3 Å². The lowest BCUT2D eigenvalue weighted by Crippen LogP contribution is -1.94. The van der Waals surface area contributed by atoms with Crippen LogP contribution in [-0.4, -0.2) is 4.57 Å². The van der Waals surface area contributed by atoms with E-state index in [0.29, 0.717) is 0 Å². The molecule has 0 unspecified atom stereocenters. The van der Waals surface area contributed by atoms with E-state index in [2.05, 4.69) is 193 Å². The normalized spacial score (nSPS) is 13.6. The van der Waals surface area contributed by atoms with Gasteiger partial charge < -0.3 is 8.98 Å². The summed E-state index contributed by atoms with van der Waals surface area (Å²) in [6, 6.07) is 64.4. The summed E-state index contributed by atoms with van der Waals surface area (Å²) < 4.78 is 8.82. The molecular formula is C55H37NO. The van der Waals surface area contributed by atoms with Gasteiger partial charge in [-0.05, 0) is 147 Å². The highest BCUT2D eigenvalue weighted by Gasteiger charge is 2.22. The average Bonchev–Trinajstić information content (AvgIpc) is 3.95. The maximum atomic E-state index is 6.42. The van der Waals surface area contributed by atoms with Crippen LogP contribution in [0.4, 0.5) is 0 Å². The number of fused-ring (bicyclic) bond motifs is 8. The second kappa shape index (κ2) is 12.7. The molecule has 0 spiro atoms. The molecule has 268 valence electrons. The third kappa shape index (κ3) is 5.25. The molecule has 2 aliphatic carbocycles. The Hall–Kier alpha value is -7.16. The van der Waals surface area contributed by atoms with Gasteiger partial charge in [0, 0.05) is 27.2 Å². The van der Waals surface area contributed by atoms with Crippen LogP contribution in [0.25, 0.3) is 99.5 Å². The molecule has 0 aliphatic heterocycles. The Labute approximate surface area is 331 Å². The number of para-hydroxylation sites is 1. The minimum absolute atomic E-state index is 0.902. The van der Waals surface area contributed by atoms with E-state index >= 15 is 0 Å². The summed E-state index contributed by atoms with van der Waals surface area (Å²) in [6.07, 6.45) is 8.10. The topological polar surface area (TPSA) is 18.1 Å². The van der Waals surface area contributed by atoms with E-state index in [1.165, 1.54) is 89.4 Å². The Balaban J connectivity index is 0.924. The van der Waals surface area contributed by atoms with Gasteiger partial charge in [0.25, 0.3) is 0 Å². The highest BCUT2D eigenvalue weighted by molar-refractivity contribution is 6.11. The number of furan rings is 1. The third-order valence-corrected chi connectivity index (χ3v) is 12.3. The molecule has 0 N–H and O–H groups in total. The largest absolute Gasteiger partial charge is 0.456 e. The molecule has 2 heterocycles. The van der Waals surface area contributed by atoms with Crippen molar-refractivity contribution in [2.24, 2.45) is 0 Å². The minimum Gasteiger partial charge on any atom is -0.456 e. The van der Waals surface area contributed by atoms with Crippen LogP contribution >= 0.6 is 0 Å². The van der Waals surface area contributed by atoms with Crippen molar-refractivity contribution < 1.29 is 4.42 Å². The Morgan fingerprint density at radius 2 is 1.02 bits per heavy atom. The van der Waals surface area contributed by atoms with Gasteiger partial charge in [0.2, 0.25) is 0 Å². The molecule has 57 heavy (non-hydrogen) atoms. The second-order valence-corrected chi connectivity index (χ2v) is 15.6. The van der Waals surface area contributed by atoms with Crippen LogP contribution in [0.1, 0.15) is 24.0 Å². The Morgan fingerprint density at radius 1 is 0.421 bits per heavy atom. The number of benzene rings is 8. The number of allylic oxidation sites excluding steroid dienone is 4. The van der Waals surface area contributed by atoms with Crippen molar-refractivity contribution in [3.63, 3.8) is 0 Å². The number of hydrogen-bond donors (Lipinski definition) is 0. The number of hydrogen-bond acceptors (Lipinski definition) is 1. The van der Waals surface area contributed by atoms with Gasteiger partial charge in [-0.25, -0.2) is 0 Å². The Kier molecular flexibility index (Phi) is 7.15. The van der Waals surface area contributed by atoms with Crippen LogP contribution in [0.3, 0.4) is 0 Å². The lowest BCUT2D eigenvalue weighted by molar-refractivity contribution is 0.669. The standard InChI is InChI=1S/C55H37NO/c1-2-10-35(11-3-1)38-15-9-16-45(30-38)56-52-19-7-6-18-47(52)49-32-40(22-25-53(49)56)42-24-27-55-51(34-42)50-33-41(23-26-54(50)57-55)37-14-8-13-36(28-37)39-20-21-44-29-43-12-4-5-17-46(43)48(44)31-39/h1-3,5-11,13-28,30-34H,4,12,29H2. The zero-order valence-electron chi connectivity index (χ0n) is 31.4. The molecule has 12 rings (SSSR count). The van der Waals surface area contributed by atoms with Crippen molar-refractivity contribution in [3.05, 3.63) is 205 Å². The molecule has 0 saturated heterocycles. The first-order chi connectivity index (χ1) is 28.2. The molecule has 2 nitrogen and oxygen atoms in total. The van der Waals surface area contributed by atoms with E-state index in [4.69, 9.17) is 4.42 Å². The molecular weight excluding hydrogens is 691 g/mol. The maximum absolute atomic E-state index is 6.42. The van der Waals surface area contributed by atoms with Crippen LogP contribution in [0.15, 0.2) is 198 Å². The first-order valence-corrected chi connectivity index (χ1v) is 20.0. The number of aromatic nitrogens is 1. The molecule has 0 bridgehead atoms. The van der Waals surface area contributed by atoms with Crippen molar-refractivity contribution in [2.75, 3.05) is 0 Å². The summed E-state index contributed by atoms with van der Waals surface area (Å²) in [7, 11) is 0. The highest BCUT2D eigenvalue weighted by Crippen LogP contribution is 2.42. The van der Waals surface area contributed by atoms with E-state index in [-0.39, 0.29) is 0 Å². The molecule has 0 radical (unpaired) electrons. The summed E-state index contributed by atoms with van der Waals surface area (Å²) in [5.41, 5.74) is 20.9. The Bertz CT molecular complexity index is 3320. The molecule has 8 aromatic carbocycles. The average molecular weight is 728 g/mol. The maximum Gasteiger partial charge on any atom is 0.135 e. The lowest BCUT2D eigenvalue weighted by atomic mass is 9.94. The van der Waals surface area contributed by atoms with Crippen molar-refractivity contribution in [1.29, 1.82) is 0 Å². The van der Waals surface area contributed by atoms with Gasteiger partial charge in [0.15, 0.2) is 0 Å². The predicted octanol–water partition coefficient (Wildman–Crippen LogP) is 15.0. The monoisotopic (exact) mass is 727 g/mol. The fraction of sp³-hybridized carbons (Fsp3) is 0.0545. The zero-order valence-corrected chi connectivity index (χ0v) is 31.4. The van der Waals surface area contributed by atoms with Crippen molar-refractivity contribution in [3.8, 4) is 50.2 Å². The van der Waals surface area contributed by atoms with Gasteiger partial charge in [-0.1, -0.05) is 127 Å². The first kappa shape index (κ1) is 32.1. The van der Waals surface area contributed by atoms with Crippen LogP contribution in [-0.2, 0) is 6.42 Å². The van der Waals surface area contributed by atoms with Gasteiger partial charge in [0.1, 0.15) is 11.2 Å². The number of nitrogens with zero attached hydrogens (tertiary/aromatic N) is 1. The molecule has 2 aromatic heterocycles. The molecule has 2 aliphatic rings. The van der Waals surface area contributed by atoms with Crippen LogP contribution in [0.5, 0.6) is 0 Å². The Morgan fingerprint density at radius 3 is 1.81 bits per heavy atom. The summed E-state index contributed by atoms with van der Waals surface area (Å²) in [5, 5.41) is 4.74. The lowest BCUT2D eigenvalue weighted by Gasteiger charge is -2.11. The third-order valence-electron chi connectivity index (χ3n) is 12.3. The second-order valence-electron chi connectivity index (χ2n) is 15.6. The van der Waals surface area contributed by atoms with Crippen molar-refractivity contribution >= 4 is 49.3 Å². The summed E-state index contributed by atoms with van der Waals surface area (Å²) >= 11 is 0. The SMILES string of the molecule is C1=CC2=C(CC1)Cc1ccc(-c3cccc(-c4ccc5oc6ccc(-c7ccc8c(c7)c7ccccc7n8-c7cccc(-c8ccccc8)c7)cc6c5c4)c3)cc12. The molecule has 2 heteroatoms. The fourth-order valence-electron chi connectivity index (χ4n) is 9.47. The van der Waals surface area contributed by atoms with Crippen LogP contribution in [0.2, 0.25) is 0 Å². The van der Waals surface area contributed by atoms with Gasteiger partial charge in [-0.3, -0.25) is 0 Å². The van der Waals surface area contributed by atoms with Crippen LogP contribution in [0, 0.1) is 0 Å². The molecule has 0 amide bonds. The summed E-state index contributed by atoms with van der Waals surface area (Å²) in [4.78, 5) is 0. The molecule has 10 aromatic rings.